The van der Waals surface area contributed by atoms with Crippen molar-refractivity contribution in [2.75, 3.05) is 0 Å². The molecule has 0 radical (unpaired) electrons. The van der Waals surface area contributed by atoms with Gasteiger partial charge in [-0.2, -0.15) is 0 Å². The molecule has 7 heteroatoms. The first-order valence-electron chi connectivity index (χ1n) is 7.32. The van der Waals surface area contributed by atoms with Crippen LogP contribution < -0.4 is 0 Å². The van der Waals surface area contributed by atoms with Gasteiger partial charge >= 0.3 is 0 Å². The van der Waals surface area contributed by atoms with E-state index in [1.807, 2.05) is 13.0 Å². The molecule has 0 aliphatic heterocycles. The first-order valence-corrected chi connectivity index (χ1v) is 7.32. The van der Waals surface area contributed by atoms with E-state index in [0.717, 1.165) is 5.56 Å². The maximum Gasteiger partial charge on any atom is 0.270 e. The number of nitro groups is 2. The van der Waals surface area contributed by atoms with E-state index in [1.165, 1.54) is 24.3 Å². The Kier molecular flexibility index (Phi) is 3.91. The van der Waals surface area contributed by atoms with Crippen LogP contribution in [0.4, 0.5) is 11.4 Å². The molecule has 0 spiro atoms. The summed E-state index contributed by atoms with van der Waals surface area (Å²) in [5.41, 5.74) is 2.81. The van der Waals surface area contributed by atoms with Crippen LogP contribution in [0.1, 0.15) is 12.5 Å². The average Bonchev–Trinajstić information content (AvgIpc) is 2.60. The van der Waals surface area contributed by atoms with Crippen LogP contribution in [0.5, 0.6) is 0 Å². The van der Waals surface area contributed by atoms with Gasteiger partial charge in [0.05, 0.1) is 21.1 Å². The lowest BCUT2D eigenvalue weighted by atomic mass is 10.0. The lowest BCUT2D eigenvalue weighted by Gasteiger charge is -2.09. The SMILES string of the molecule is CCc1cc2cc([N+](=O)[O-])ccc2nc1-c1cccc([N+](=O)[O-])c1. The van der Waals surface area contributed by atoms with Crippen molar-refractivity contribution >= 4 is 22.3 Å². The molecule has 0 amide bonds. The fourth-order valence-electron chi connectivity index (χ4n) is 2.61. The molecule has 0 saturated heterocycles. The molecule has 0 aliphatic carbocycles. The Balaban J connectivity index is 2.21. The smallest absolute Gasteiger partial charge is 0.258 e. The van der Waals surface area contributed by atoms with E-state index in [-0.39, 0.29) is 11.4 Å². The van der Waals surface area contributed by atoms with Gasteiger partial charge in [-0.05, 0) is 24.1 Å². The molecule has 2 aromatic carbocycles. The van der Waals surface area contributed by atoms with Gasteiger partial charge in [-0.15, -0.1) is 0 Å². The standard InChI is InChI=1S/C17H13N3O4/c1-2-11-8-13-10-15(20(23)24)6-7-16(13)18-17(11)12-4-3-5-14(9-12)19(21)22/h3-10H,2H2,1H3. The van der Waals surface area contributed by atoms with Crippen molar-refractivity contribution in [3.05, 3.63) is 74.3 Å². The summed E-state index contributed by atoms with van der Waals surface area (Å²) >= 11 is 0. The second-order valence-electron chi connectivity index (χ2n) is 5.29. The number of pyridine rings is 1. The maximum absolute atomic E-state index is 11.0. The van der Waals surface area contributed by atoms with Crippen molar-refractivity contribution in [1.29, 1.82) is 0 Å². The van der Waals surface area contributed by atoms with Gasteiger partial charge < -0.3 is 0 Å². The fraction of sp³-hybridized carbons (Fsp3) is 0.118. The zero-order valence-electron chi connectivity index (χ0n) is 12.8. The van der Waals surface area contributed by atoms with E-state index < -0.39 is 9.85 Å². The first-order chi connectivity index (χ1) is 11.5. The lowest BCUT2D eigenvalue weighted by molar-refractivity contribution is -0.384. The summed E-state index contributed by atoms with van der Waals surface area (Å²) in [4.78, 5) is 25.6. The summed E-state index contributed by atoms with van der Waals surface area (Å²) in [6, 6.07) is 12.6. The minimum absolute atomic E-state index is 0.000138. The number of non-ortho nitro benzene ring substituents is 2. The number of nitro benzene ring substituents is 2. The summed E-state index contributed by atoms with van der Waals surface area (Å²) in [6.07, 6.45) is 0.656. The van der Waals surface area contributed by atoms with Gasteiger partial charge in [0.1, 0.15) is 0 Å². The molecule has 0 saturated carbocycles. The molecule has 24 heavy (non-hydrogen) atoms. The molecule has 0 fully saturated rings. The van der Waals surface area contributed by atoms with Crippen LogP contribution in [0, 0.1) is 20.2 Å². The highest BCUT2D eigenvalue weighted by Gasteiger charge is 2.14. The number of aryl methyl sites for hydroxylation is 1. The minimum atomic E-state index is -0.445. The van der Waals surface area contributed by atoms with Crippen LogP contribution in [0.15, 0.2) is 48.5 Å². The first kappa shape index (κ1) is 15.5. The Labute approximate surface area is 136 Å². The monoisotopic (exact) mass is 323 g/mol. The molecule has 0 bridgehead atoms. The van der Waals surface area contributed by atoms with Crippen molar-refractivity contribution in [2.45, 2.75) is 13.3 Å². The number of hydrogen-bond donors (Lipinski definition) is 0. The minimum Gasteiger partial charge on any atom is -0.258 e. The van der Waals surface area contributed by atoms with Crippen LogP contribution in [0.3, 0.4) is 0 Å². The Bertz CT molecular complexity index is 969. The zero-order chi connectivity index (χ0) is 17.3. The van der Waals surface area contributed by atoms with Gasteiger partial charge in [0.15, 0.2) is 0 Å². The van der Waals surface area contributed by atoms with Crippen LogP contribution in [0.2, 0.25) is 0 Å². The van der Waals surface area contributed by atoms with E-state index in [1.54, 1.807) is 18.2 Å². The molecule has 120 valence electrons. The van der Waals surface area contributed by atoms with E-state index in [4.69, 9.17) is 0 Å². The molecule has 0 N–H and O–H groups in total. The number of rotatable bonds is 4. The summed E-state index contributed by atoms with van der Waals surface area (Å²) in [5.74, 6) is 0. The molecule has 7 nitrogen and oxygen atoms in total. The van der Waals surface area contributed by atoms with Crippen LogP contribution in [-0.4, -0.2) is 14.8 Å². The molecule has 0 unspecified atom stereocenters. The molecule has 1 aromatic heterocycles. The Morgan fingerprint density at radius 1 is 0.958 bits per heavy atom. The molecule has 0 aliphatic rings. The molecular weight excluding hydrogens is 310 g/mol. The predicted octanol–water partition coefficient (Wildman–Crippen LogP) is 4.28. The largest absolute Gasteiger partial charge is 0.270 e. The van der Waals surface area contributed by atoms with Crippen LogP contribution >= 0.6 is 0 Å². The fourth-order valence-corrected chi connectivity index (χ4v) is 2.61. The van der Waals surface area contributed by atoms with Crippen molar-refractivity contribution < 1.29 is 9.85 Å². The molecule has 3 aromatic rings. The van der Waals surface area contributed by atoms with E-state index >= 15 is 0 Å². The Morgan fingerprint density at radius 2 is 1.67 bits per heavy atom. The maximum atomic E-state index is 11.0. The average molecular weight is 323 g/mol. The van der Waals surface area contributed by atoms with E-state index in [0.29, 0.717) is 28.6 Å². The Morgan fingerprint density at radius 3 is 2.33 bits per heavy atom. The quantitative estimate of drug-likeness (QED) is 0.527. The molecule has 3 rings (SSSR count). The highest BCUT2D eigenvalue weighted by atomic mass is 16.6. The highest BCUT2D eigenvalue weighted by Crippen LogP contribution is 2.30. The third kappa shape index (κ3) is 2.79. The number of benzene rings is 2. The molecule has 1 heterocycles. The van der Waals surface area contributed by atoms with Gasteiger partial charge in [-0.25, -0.2) is 4.98 Å². The number of aromatic nitrogens is 1. The van der Waals surface area contributed by atoms with Gasteiger partial charge in [0, 0.05) is 35.2 Å². The van der Waals surface area contributed by atoms with Gasteiger partial charge in [0.25, 0.3) is 11.4 Å². The molecule has 0 atom stereocenters. The van der Waals surface area contributed by atoms with Gasteiger partial charge in [-0.3, -0.25) is 20.2 Å². The van der Waals surface area contributed by atoms with Crippen molar-refractivity contribution in [1.82, 2.24) is 4.98 Å². The second kappa shape index (κ2) is 6.04. The lowest BCUT2D eigenvalue weighted by Crippen LogP contribution is -1.96. The van der Waals surface area contributed by atoms with E-state index in [2.05, 4.69) is 4.98 Å². The summed E-state index contributed by atoms with van der Waals surface area (Å²) in [5, 5.41) is 22.6. The normalized spacial score (nSPS) is 10.7. The highest BCUT2D eigenvalue weighted by molar-refractivity contribution is 5.85. The number of nitrogens with zero attached hydrogens (tertiary/aromatic N) is 3. The summed E-state index contributed by atoms with van der Waals surface area (Å²) in [7, 11) is 0. The second-order valence-corrected chi connectivity index (χ2v) is 5.29. The number of hydrogen-bond acceptors (Lipinski definition) is 5. The summed E-state index contributed by atoms with van der Waals surface area (Å²) < 4.78 is 0. The number of fused-ring (bicyclic) bond motifs is 1. The van der Waals surface area contributed by atoms with Gasteiger partial charge in [-0.1, -0.05) is 19.1 Å². The Hall–Kier alpha value is -3.35. The van der Waals surface area contributed by atoms with Crippen molar-refractivity contribution in [3.8, 4) is 11.3 Å². The summed E-state index contributed by atoms with van der Waals surface area (Å²) in [6.45, 7) is 1.95. The molecular formula is C17H13N3O4. The van der Waals surface area contributed by atoms with E-state index in [9.17, 15) is 20.2 Å². The predicted molar refractivity (Wildman–Crippen MR) is 89.9 cm³/mol. The zero-order valence-corrected chi connectivity index (χ0v) is 12.8. The third-order valence-corrected chi connectivity index (χ3v) is 3.80. The van der Waals surface area contributed by atoms with Crippen molar-refractivity contribution in [3.63, 3.8) is 0 Å². The van der Waals surface area contributed by atoms with Crippen LogP contribution in [0.25, 0.3) is 22.2 Å². The third-order valence-electron chi connectivity index (χ3n) is 3.80. The van der Waals surface area contributed by atoms with Gasteiger partial charge in [0.2, 0.25) is 0 Å². The van der Waals surface area contributed by atoms with Crippen molar-refractivity contribution in [2.24, 2.45) is 0 Å². The van der Waals surface area contributed by atoms with Crippen LogP contribution in [-0.2, 0) is 6.42 Å². The topological polar surface area (TPSA) is 99.2 Å².